The standard InChI is InChI=1S/C18H20FN5O3S/c1-28-18-22-15(13(14(20)25)16(26)23-18)21-10-5-6-12(19)11(9-10)17(27)24-7-3-2-4-8-24/h5-6,9H,2-4,7-8H2,1H3,(H2,20,25)(H2,21,22,23,26). The lowest BCUT2D eigenvalue weighted by Gasteiger charge is -2.27. The number of hydrogen-bond acceptors (Lipinski definition) is 6. The number of carbonyl (C=O) groups is 2. The Morgan fingerprint density at radius 2 is 2.00 bits per heavy atom. The van der Waals surface area contributed by atoms with E-state index in [9.17, 15) is 18.8 Å². The Bertz CT molecular complexity index is 972. The molecule has 1 aliphatic heterocycles. The molecule has 1 fully saturated rings. The first-order valence-corrected chi connectivity index (χ1v) is 9.97. The Morgan fingerprint density at radius 1 is 1.29 bits per heavy atom. The summed E-state index contributed by atoms with van der Waals surface area (Å²) in [4.78, 5) is 44.7. The number of aromatic nitrogens is 2. The first kappa shape index (κ1) is 19.9. The molecule has 8 nitrogen and oxygen atoms in total. The quantitative estimate of drug-likeness (QED) is 0.517. The number of amides is 2. The number of primary amides is 1. The summed E-state index contributed by atoms with van der Waals surface area (Å²) in [6.45, 7) is 1.18. The fourth-order valence-electron chi connectivity index (χ4n) is 3.04. The zero-order valence-corrected chi connectivity index (χ0v) is 16.1. The Balaban J connectivity index is 1.96. The smallest absolute Gasteiger partial charge is 0.266 e. The van der Waals surface area contributed by atoms with Gasteiger partial charge in [0, 0.05) is 18.8 Å². The maximum atomic E-state index is 14.3. The van der Waals surface area contributed by atoms with Gasteiger partial charge < -0.3 is 20.9 Å². The average molecular weight is 405 g/mol. The normalized spacial score (nSPS) is 14.0. The van der Waals surface area contributed by atoms with Gasteiger partial charge in [0.25, 0.3) is 17.4 Å². The highest BCUT2D eigenvalue weighted by atomic mass is 32.2. The second-order valence-corrected chi connectivity index (χ2v) is 7.13. The molecule has 0 unspecified atom stereocenters. The summed E-state index contributed by atoms with van der Waals surface area (Å²) in [5, 5.41) is 3.09. The Labute approximate surface area is 164 Å². The molecule has 1 aromatic heterocycles. The topological polar surface area (TPSA) is 121 Å². The maximum absolute atomic E-state index is 14.3. The zero-order valence-electron chi connectivity index (χ0n) is 15.3. The van der Waals surface area contributed by atoms with Gasteiger partial charge in [-0.25, -0.2) is 9.37 Å². The minimum absolute atomic E-state index is 0.0522. The Hall–Kier alpha value is -2.88. The summed E-state index contributed by atoms with van der Waals surface area (Å²) in [7, 11) is 0. The first-order valence-electron chi connectivity index (χ1n) is 8.74. The monoisotopic (exact) mass is 405 g/mol. The van der Waals surface area contributed by atoms with Crippen molar-refractivity contribution in [1.29, 1.82) is 0 Å². The van der Waals surface area contributed by atoms with Gasteiger partial charge in [-0.05, 0) is 43.7 Å². The number of carbonyl (C=O) groups excluding carboxylic acids is 2. The molecule has 0 saturated carbocycles. The predicted octanol–water partition coefficient (Wildman–Crippen LogP) is 2.10. The summed E-state index contributed by atoms with van der Waals surface area (Å²) in [6.07, 6.45) is 4.54. The molecule has 2 amide bonds. The van der Waals surface area contributed by atoms with E-state index in [1.807, 2.05) is 0 Å². The van der Waals surface area contributed by atoms with Crippen LogP contribution in [0.4, 0.5) is 15.9 Å². The van der Waals surface area contributed by atoms with E-state index in [0.29, 0.717) is 18.8 Å². The summed E-state index contributed by atoms with van der Waals surface area (Å²) in [5.41, 5.74) is 4.51. The molecule has 148 valence electrons. The number of halogens is 1. The van der Waals surface area contributed by atoms with E-state index < -0.39 is 17.3 Å². The molecular weight excluding hydrogens is 385 g/mol. The van der Waals surface area contributed by atoms with Crippen LogP contribution in [0, 0.1) is 5.82 Å². The van der Waals surface area contributed by atoms with Crippen LogP contribution in [0.15, 0.2) is 28.2 Å². The first-order chi connectivity index (χ1) is 13.4. The van der Waals surface area contributed by atoms with Gasteiger partial charge in [-0.2, -0.15) is 0 Å². The number of H-pyrrole nitrogens is 1. The molecule has 1 aromatic carbocycles. The number of aromatic amines is 1. The number of anilines is 2. The van der Waals surface area contributed by atoms with Crippen molar-refractivity contribution in [2.45, 2.75) is 24.4 Å². The lowest BCUT2D eigenvalue weighted by atomic mass is 10.1. The van der Waals surface area contributed by atoms with Gasteiger partial charge in [-0.15, -0.1) is 0 Å². The maximum Gasteiger partial charge on any atom is 0.266 e. The van der Waals surface area contributed by atoms with E-state index in [4.69, 9.17) is 5.73 Å². The van der Waals surface area contributed by atoms with Gasteiger partial charge in [-0.1, -0.05) is 11.8 Å². The largest absolute Gasteiger partial charge is 0.365 e. The van der Waals surface area contributed by atoms with Crippen molar-refractivity contribution in [3.8, 4) is 0 Å². The van der Waals surface area contributed by atoms with Crippen molar-refractivity contribution in [2.24, 2.45) is 5.73 Å². The molecule has 0 radical (unpaired) electrons. The molecule has 0 bridgehead atoms. The molecule has 1 saturated heterocycles. The Kier molecular flexibility index (Phi) is 5.98. The van der Waals surface area contributed by atoms with Gasteiger partial charge in [0.15, 0.2) is 11.0 Å². The predicted molar refractivity (Wildman–Crippen MR) is 105 cm³/mol. The molecule has 0 spiro atoms. The molecule has 0 atom stereocenters. The van der Waals surface area contributed by atoms with Crippen molar-refractivity contribution in [3.63, 3.8) is 0 Å². The van der Waals surface area contributed by atoms with Crippen LogP contribution in [-0.2, 0) is 0 Å². The number of nitrogens with zero attached hydrogens (tertiary/aromatic N) is 2. The third-order valence-electron chi connectivity index (χ3n) is 4.44. The fraction of sp³-hybridized carbons (Fsp3) is 0.333. The summed E-state index contributed by atoms with van der Waals surface area (Å²) in [5.74, 6) is -2.03. The molecule has 1 aliphatic rings. The molecule has 2 aromatic rings. The number of piperidine rings is 1. The van der Waals surface area contributed by atoms with Crippen LogP contribution < -0.4 is 16.6 Å². The van der Waals surface area contributed by atoms with E-state index >= 15 is 0 Å². The van der Waals surface area contributed by atoms with Gasteiger partial charge in [0.05, 0.1) is 5.56 Å². The van der Waals surface area contributed by atoms with Crippen molar-refractivity contribution in [2.75, 3.05) is 24.7 Å². The second-order valence-electron chi connectivity index (χ2n) is 6.34. The van der Waals surface area contributed by atoms with Crippen molar-refractivity contribution < 1.29 is 14.0 Å². The van der Waals surface area contributed by atoms with Gasteiger partial charge >= 0.3 is 0 Å². The fourth-order valence-corrected chi connectivity index (χ4v) is 3.42. The molecular formula is C18H20FN5O3S. The van der Waals surface area contributed by atoms with Crippen LogP contribution >= 0.6 is 11.8 Å². The number of rotatable bonds is 5. The highest BCUT2D eigenvalue weighted by Gasteiger charge is 2.22. The van der Waals surface area contributed by atoms with E-state index in [1.54, 1.807) is 11.2 Å². The lowest BCUT2D eigenvalue weighted by molar-refractivity contribution is 0.0719. The Morgan fingerprint density at radius 3 is 2.64 bits per heavy atom. The van der Waals surface area contributed by atoms with Crippen LogP contribution in [0.1, 0.15) is 40.0 Å². The van der Waals surface area contributed by atoms with Crippen LogP contribution in [0.3, 0.4) is 0 Å². The van der Waals surface area contributed by atoms with Crippen LogP contribution in [0.25, 0.3) is 0 Å². The third-order valence-corrected chi connectivity index (χ3v) is 5.02. The highest BCUT2D eigenvalue weighted by Crippen LogP contribution is 2.23. The lowest BCUT2D eigenvalue weighted by Crippen LogP contribution is -2.36. The minimum Gasteiger partial charge on any atom is -0.365 e. The van der Waals surface area contributed by atoms with Crippen LogP contribution in [0.2, 0.25) is 0 Å². The zero-order chi connectivity index (χ0) is 20.3. The molecule has 0 aliphatic carbocycles. The second kappa shape index (κ2) is 8.42. The van der Waals surface area contributed by atoms with E-state index in [0.717, 1.165) is 25.3 Å². The van der Waals surface area contributed by atoms with Crippen molar-refractivity contribution in [1.82, 2.24) is 14.9 Å². The number of nitrogens with one attached hydrogen (secondary N) is 2. The number of nitrogens with two attached hydrogens (primary N) is 1. The molecule has 4 N–H and O–H groups in total. The number of thioether (sulfide) groups is 1. The van der Waals surface area contributed by atoms with Gasteiger partial charge in [-0.3, -0.25) is 14.4 Å². The van der Waals surface area contributed by atoms with Crippen LogP contribution in [-0.4, -0.2) is 46.0 Å². The van der Waals surface area contributed by atoms with E-state index in [2.05, 4.69) is 15.3 Å². The van der Waals surface area contributed by atoms with Crippen molar-refractivity contribution >= 4 is 35.1 Å². The minimum atomic E-state index is -0.948. The molecule has 2 heterocycles. The number of hydrogen-bond donors (Lipinski definition) is 3. The molecule has 10 heteroatoms. The SMILES string of the molecule is CSc1nc(Nc2ccc(F)c(C(=O)N3CCCCC3)c2)c(C(N)=O)c(=O)[nH]1. The van der Waals surface area contributed by atoms with E-state index in [-0.39, 0.29) is 28.0 Å². The van der Waals surface area contributed by atoms with E-state index in [1.165, 1.54) is 23.9 Å². The molecule has 28 heavy (non-hydrogen) atoms. The summed E-state index contributed by atoms with van der Waals surface area (Å²) < 4.78 is 14.3. The summed E-state index contributed by atoms with van der Waals surface area (Å²) in [6, 6.07) is 3.90. The average Bonchev–Trinajstić information content (AvgIpc) is 2.68. The third kappa shape index (κ3) is 4.16. The molecule has 3 rings (SSSR count). The van der Waals surface area contributed by atoms with Crippen LogP contribution in [0.5, 0.6) is 0 Å². The number of likely N-dealkylation sites (tertiary alicyclic amines) is 1. The number of benzene rings is 1. The van der Waals surface area contributed by atoms with Gasteiger partial charge in [0.2, 0.25) is 0 Å². The highest BCUT2D eigenvalue weighted by molar-refractivity contribution is 7.98. The summed E-state index contributed by atoms with van der Waals surface area (Å²) >= 11 is 1.18. The van der Waals surface area contributed by atoms with Gasteiger partial charge in [0.1, 0.15) is 11.4 Å². The van der Waals surface area contributed by atoms with Crippen molar-refractivity contribution in [3.05, 3.63) is 45.5 Å².